The van der Waals surface area contributed by atoms with Gasteiger partial charge in [0.15, 0.2) is 0 Å². The molecule has 0 fully saturated rings. The third-order valence-electron chi connectivity index (χ3n) is 5.21. The molecule has 0 saturated carbocycles. The Labute approximate surface area is 180 Å². The van der Waals surface area contributed by atoms with Crippen molar-refractivity contribution in [2.75, 3.05) is 7.05 Å². The number of amides is 1. The van der Waals surface area contributed by atoms with Crippen LogP contribution in [0.3, 0.4) is 0 Å². The van der Waals surface area contributed by atoms with Crippen LogP contribution in [-0.4, -0.2) is 37.6 Å². The van der Waals surface area contributed by atoms with Gasteiger partial charge in [-0.2, -0.15) is 5.10 Å². The molecule has 0 bridgehead atoms. The summed E-state index contributed by atoms with van der Waals surface area (Å²) in [5.74, 6) is -0.0755. The van der Waals surface area contributed by atoms with Gasteiger partial charge >= 0.3 is 0 Å². The predicted molar refractivity (Wildman–Crippen MR) is 118 cm³/mol. The van der Waals surface area contributed by atoms with Crippen molar-refractivity contribution in [1.82, 2.24) is 24.6 Å². The number of hydrogen-bond acceptors (Lipinski definition) is 4. The number of pyridine rings is 2. The molecule has 0 aliphatic heterocycles. The van der Waals surface area contributed by atoms with Gasteiger partial charge in [-0.15, -0.1) is 0 Å². The Kier molecular flexibility index (Phi) is 5.50. The summed E-state index contributed by atoms with van der Waals surface area (Å²) in [6.45, 7) is 5.36. The molecule has 0 aliphatic rings. The van der Waals surface area contributed by atoms with Crippen molar-refractivity contribution in [3.63, 3.8) is 0 Å². The van der Waals surface area contributed by atoms with Crippen LogP contribution in [0, 0.1) is 6.92 Å². The van der Waals surface area contributed by atoms with Crippen molar-refractivity contribution in [2.24, 2.45) is 0 Å². The number of rotatable bonds is 5. The largest absolute Gasteiger partial charge is 0.337 e. The van der Waals surface area contributed by atoms with Crippen molar-refractivity contribution >= 4 is 28.4 Å². The quantitative estimate of drug-likeness (QED) is 0.468. The fourth-order valence-electron chi connectivity index (χ4n) is 3.54. The highest BCUT2D eigenvalue weighted by Crippen LogP contribution is 2.27. The fourth-order valence-corrected chi connectivity index (χ4v) is 3.72. The first-order valence-electron chi connectivity index (χ1n) is 9.75. The standard InChI is InChI=1S/C23H22ClN5O/c1-4-29-15(2)17(12-26-29)14-28(3)23(30)20-10-22(16-9-18(24)13-25-11-16)27-21-8-6-5-7-19(20)21/h5-13H,4,14H2,1-3H3. The maximum absolute atomic E-state index is 13.4. The molecule has 30 heavy (non-hydrogen) atoms. The number of hydrogen-bond donors (Lipinski definition) is 0. The molecule has 0 radical (unpaired) electrons. The summed E-state index contributed by atoms with van der Waals surface area (Å²) < 4.78 is 1.93. The smallest absolute Gasteiger partial charge is 0.254 e. The van der Waals surface area contributed by atoms with Gasteiger partial charge in [0, 0.05) is 54.7 Å². The zero-order valence-corrected chi connectivity index (χ0v) is 17.9. The number of fused-ring (bicyclic) bond motifs is 1. The monoisotopic (exact) mass is 419 g/mol. The van der Waals surface area contributed by atoms with E-state index in [0.717, 1.165) is 34.3 Å². The van der Waals surface area contributed by atoms with Gasteiger partial charge in [0.2, 0.25) is 0 Å². The maximum Gasteiger partial charge on any atom is 0.254 e. The Morgan fingerprint density at radius 2 is 1.97 bits per heavy atom. The number of benzene rings is 1. The van der Waals surface area contributed by atoms with Crippen LogP contribution >= 0.6 is 11.6 Å². The highest BCUT2D eigenvalue weighted by molar-refractivity contribution is 6.30. The second kappa shape index (κ2) is 8.24. The Morgan fingerprint density at radius 3 is 2.70 bits per heavy atom. The molecule has 0 unspecified atom stereocenters. The van der Waals surface area contributed by atoms with Gasteiger partial charge in [0.1, 0.15) is 0 Å². The number of carbonyl (C=O) groups is 1. The topological polar surface area (TPSA) is 63.9 Å². The predicted octanol–water partition coefficient (Wildman–Crippen LogP) is 4.75. The minimum absolute atomic E-state index is 0.0755. The number of halogens is 1. The summed E-state index contributed by atoms with van der Waals surface area (Å²) in [6.07, 6.45) is 5.10. The van der Waals surface area contributed by atoms with Crippen molar-refractivity contribution in [3.05, 3.63) is 76.8 Å². The minimum atomic E-state index is -0.0755. The van der Waals surface area contributed by atoms with Crippen LogP contribution < -0.4 is 0 Å². The minimum Gasteiger partial charge on any atom is -0.337 e. The van der Waals surface area contributed by atoms with E-state index in [9.17, 15) is 4.79 Å². The van der Waals surface area contributed by atoms with Gasteiger partial charge < -0.3 is 4.90 Å². The van der Waals surface area contributed by atoms with E-state index in [1.165, 1.54) is 0 Å². The number of aryl methyl sites for hydroxylation is 1. The average Bonchev–Trinajstić information content (AvgIpc) is 3.11. The van der Waals surface area contributed by atoms with Crippen LogP contribution in [0.15, 0.2) is 55.0 Å². The number of carbonyl (C=O) groups excluding carboxylic acids is 1. The molecular weight excluding hydrogens is 398 g/mol. The molecule has 1 aromatic carbocycles. The molecule has 152 valence electrons. The fraction of sp³-hybridized carbons (Fsp3) is 0.217. The molecule has 3 aromatic heterocycles. The van der Waals surface area contributed by atoms with E-state index in [1.807, 2.05) is 55.1 Å². The highest BCUT2D eigenvalue weighted by Gasteiger charge is 2.19. The number of para-hydroxylation sites is 1. The average molecular weight is 420 g/mol. The molecule has 0 spiro atoms. The van der Waals surface area contributed by atoms with Crippen molar-refractivity contribution in [2.45, 2.75) is 26.9 Å². The zero-order valence-electron chi connectivity index (χ0n) is 17.1. The van der Waals surface area contributed by atoms with Crippen LogP contribution in [0.2, 0.25) is 5.02 Å². The van der Waals surface area contributed by atoms with Crippen LogP contribution in [0.1, 0.15) is 28.5 Å². The first-order valence-corrected chi connectivity index (χ1v) is 10.1. The molecule has 0 atom stereocenters. The van der Waals surface area contributed by atoms with Crippen molar-refractivity contribution in [3.8, 4) is 11.3 Å². The molecule has 0 saturated heterocycles. The maximum atomic E-state index is 13.4. The van der Waals surface area contributed by atoms with E-state index in [1.54, 1.807) is 30.4 Å². The van der Waals surface area contributed by atoms with Crippen LogP contribution in [0.4, 0.5) is 0 Å². The van der Waals surface area contributed by atoms with Gasteiger partial charge in [-0.05, 0) is 32.0 Å². The summed E-state index contributed by atoms with van der Waals surface area (Å²) in [4.78, 5) is 24.0. The second-order valence-electron chi connectivity index (χ2n) is 7.20. The van der Waals surface area contributed by atoms with Crippen molar-refractivity contribution in [1.29, 1.82) is 0 Å². The van der Waals surface area contributed by atoms with Gasteiger partial charge in [0.25, 0.3) is 5.91 Å². The SMILES string of the molecule is CCn1ncc(CN(C)C(=O)c2cc(-c3cncc(Cl)c3)nc3ccccc23)c1C. The Morgan fingerprint density at radius 1 is 1.17 bits per heavy atom. The van der Waals surface area contributed by atoms with Gasteiger partial charge in [-0.25, -0.2) is 4.98 Å². The van der Waals surface area contributed by atoms with E-state index in [-0.39, 0.29) is 5.91 Å². The van der Waals surface area contributed by atoms with E-state index in [2.05, 4.69) is 10.1 Å². The van der Waals surface area contributed by atoms with Gasteiger partial charge in [-0.1, -0.05) is 29.8 Å². The van der Waals surface area contributed by atoms with Crippen LogP contribution in [0.5, 0.6) is 0 Å². The summed E-state index contributed by atoms with van der Waals surface area (Å²) in [5.41, 5.74) is 4.88. The Bertz CT molecular complexity index is 1230. The summed E-state index contributed by atoms with van der Waals surface area (Å²) in [5, 5.41) is 5.72. The number of nitrogens with zero attached hydrogens (tertiary/aromatic N) is 5. The summed E-state index contributed by atoms with van der Waals surface area (Å²) in [7, 11) is 1.81. The Hall–Kier alpha value is -3.25. The Balaban J connectivity index is 1.74. The molecule has 7 heteroatoms. The lowest BCUT2D eigenvalue weighted by molar-refractivity contribution is 0.0787. The van der Waals surface area contributed by atoms with E-state index < -0.39 is 0 Å². The van der Waals surface area contributed by atoms with E-state index in [4.69, 9.17) is 16.6 Å². The first-order chi connectivity index (χ1) is 14.5. The molecule has 4 rings (SSSR count). The lowest BCUT2D eigenvalue weighted by Gasteiger charge is -2.19. The van der Waals surface area contributed by atoms with Gasteiger partial charge in [-0.3, -0.25) is 14.5 Å². The molecule has 1 amide bonds. The van der Waals surface area contributed by atoms with Crippen LogP contribution in [-0.2, 0) is 13.1 Å². The molecule has 3 heterocycles. The van der Waals surface area contributed by atoms with E-state index >= 15 is 0 Å². The molecule has 4 aromatic rings. The first kappa shape index (κ1) is 20.0. The molecular formula is C23H22ClN5O. The molecule has 0 aliphatic carbocycles. The van der Waals surface area contributed by atoms with Crippen LogP contribution in [0.25, 0.3) is 22.2 Å². The normalized spacial score (nSPS) is 11.1. The van der Waals surface area contributed by atoms with Crippen molar-refractivity contribution < 1.29 is 4.79 Å². The molecule has 6 nitrogen and oxygen atoms in total. The second-order valence-corrected chi connectivity index (χ2v) is 7.63. The lowest BCUT2D eigenvalue weighted by atomic mass is 10.0. The summed E-state index contributed by atoms with van der Waals surface area (Å²) in [6, 6.07) is 11.3. The number of aromatic nitrogens is 4. The van der Waals surface area contributed by atoms with E-state index in [0.29, 0.717) is 22.8 Å². The van der Waals surface area contributed by atoms with Gasteiger partial charge in [0.05, 0.1) is 28.0 Å². The lowest BCUT2D eigenvalue weighted by Crippen LogP contribution is -2.26. The summed E-state index contributed by atoms with van der Waals surface area (Å²) >= 11 is 6.11. The highest BCUT2D eigenvalue weighted by atomic mass is 35.5. The third kappa shape index (κ3) is 3.78. The third-order valence-corrected chi connectivity index (χ3v) is 5.41. The zero-order chi connectivity index (χ0) is 21.3. The molecule has 0 N–H and O–H groups in total.